The third-order valence-corrected chi connectivity index (χ3v) is 5.97. The van der Waals surface area contributed by atoms with Crippen LogP contribution >= 0.6 is 0 Å². The largest absolute Gasteiger partial charge is 0.384 e. The van der Waals surface area contributed by atoms with Crippen molar-refractivity contribution in [2.24, 2.45) is 5.92 Å². The van der Waals surface area contributed by atoms with Crippen molar-refractivity contribution in [2.75, 3.05) is 23.7 Å². The van der Waals surface area contributed by atoms with Crippen LogP contribution in [-0.4, -0.2) is 32.6 Å². The van der Waals surface area contributed by atoms with Gasteiger partial charge in [-0.05, 0) is 37.5 Å². The molecule has 30 heavy (non-hydrogen) atoms. The fraction of sp³-hybridized carbons (Fsp3) is 0.318. The van der Waals surface area contributed by atoms with Crippen molar-refractivity contribution in [3.63, 3.8) is 0 Å². The number of fused-ring (bicyclic) bond motifs is 4. The van der Waals surface area contributed by atoms with Gasteiger partial charge in [-0.1, -0.05) is 0 Å². The molecule has 8 heteroatoms. The van der Waals surface area contributed by atoms with Crippen molar-refractivity contribution in [3.8, 4) is 17.3 Å². The summed E-state index contributed by atoms with van der Waals surface area (Å²) in [6, 6.07) is 11.3. The van der Waals surface area contributed by atoms with E-state index in [1.807, 2.05) is 29.7 Å². The zero-order valence-corrected chi connectivity index (χ0v) is 16.6. The van der Waals surface area contributed by atoms with E-state index < -0.39 is 0 Å². The van der Waals surface area contributed by atoms with Gasteiger partial charge in [0, 0.05) is 54.6 Å². The molecule has 0 spiro atoms. The van der Waals surface area contributed by atoms with Crippen LogP contribution < -0.4 is 16.2 Å². The summed E-state index contributed by atoms with van der Waals surface area (Å²) in [6.45, 7) is 4.11. The summed E-state index contributed by atoms with van der Waals surface area (Å²) in [7, 11) is 0. The van der Waals surface area contributed by atoms with E-state index in [0.29, 0.717) is 29.5 Å². The monoisotopic (exact) mass is 399 g/mol. The Morgan fingerprint density at radius 2 is 2.03 bits per heavy atom. The van der Waals surface area contributed by atoms with Crippen LogP contribution in [0.5, 0.6) is 0 Å². The normalized spacial score (nSPS) is 19.8. The van der Waals surface area contributed by atoms with Crippen molar-refractivity contribution in [3.05, 3.63) is 64.0 Å². The molecule has 2 bridgehead atoms. The van der Waals surface area contributed by atoms with Gasteiger partial charge in [-0.2, -0.15) is 5.26 Å². The minimum absolute atomic E-state index is 0.0192. The molecule has 0 unspecified atom stereocenters. The molecule has 0 saturated carbocycles. The zero-order chi connectivity index (χ0) is 20.8. The number of anilines is 2. The number of nitriles is 1. The van der Waals surface area contributed by atoms with Crippen molar-refractivity contribution in [1.29, 1.82) is 5.26 Å². The van der Waals surface area contributed by atoms with Crippen LogP contribution in [0.2, 0.25) is 0 Å². The van der Waals surface area contributed by atoms with Gasteiger partial charge in [0.2, 0.25) is 0 Å². The molecular formula is C22H21N7O. The number of nitrogens with zero attached hydrogens (tertiary/aromatic N) is 6. The highest BCUT2D eigenvalue weighted by Crippen LogP contribution is 2.38. The molecular weight excluding hydrogens is 378 g/mol. The SMILES string of the molecule is Cc1ccc(C#N)c(N2C[C@@H]3C[C@H](C2)c2cc(-c4cc(N)ncn4)cc(=O)n2C3)n1. The Morgan fingerprint density at radius 3 is 2.83 bits per heavy atom. The summed E-state index contributed by atoms with van der Waals surface area (Å²) in [5.41, 5.74) is 9.65. The second-order valence-corrected chi connectivity index (χ2v) is 8.09. The zero-order valence-electron chi connectivity index (χ0n) is 16.6. The van der Waals surface area contributed by atoms with Gasteiger partial charge in [-0.25, -0.2) is 15.0 Å². The lowest BCUT2D eigenvalue weighted by atomic mass is 9.82. The molecule has 1 saturated heterocycles. The molecule has 150 valence electrons. The molecule has 0 amide bonds. The lowest BCUT2D eigenvalue weighted by molar-refractivity contribution is 0.280. The molecule has 0 aromatic carbocycles. The number of rotatable bonds is 2. The van der Waals surface area contributed by atoms with Gasteiger partial charge in [0.1, 0.15) is 24.0 Å². The molecule has 1 fully saturated rings. The topological polar surface area (TPSA) is 114 Å². The van der Waals surface area contributed by atoms with E-state index in [0.717, 1.165) is 42.3 Å². The minimum Gasteiger partial charge on any atom is -0.384 e. The molecule has 2 atom stereocenters. The van der Waals surface area contributed by atoms with Crippen LogP contribution in [-0.2, 0) is 6.54 Å². The molecule has 2 aliphatic heterocycles. The van der Waals surface area contributed by atoms with Gasteiger partial charge < -0.3 is 15.2 Å². The molecule has 3 aromatic rings. The Morgan fingerprint density at radius 1 is 1.17 bits per heavy atom. The predicted molar refractivity (Wildman–Crippen MR) is 113 cm³/mol. The standard InChI is InChI=1S/C22H21N7O/c1-13-2-3-15(8-23)22(27-13)28-9-14-4-17(11-28)19-5-16(6-21(30)29(19)10-14)18-7-20(24)26-12-25-18/h2-3,5-7,12,14,17H,4,9-11H2,1H3,(H2,24,25,26)/t14-,17+/m0/s1. The summed E-state index contributed by atoms with van der Waals surface area (Å²) < 4.78 is 1.89. The molecule has 0 aliphatic carbocycles. The van der Waals surface area contributed by atoms with Crippen LogP contribution in [0.15, 0.2) is 41.5 Å². The average Bonchev–Trinajstić information content (AvgIpc) is 2.74. The van der Waals surface area contributed by atoms with E-state index in [4.69, 9.17) is 5.73 Å². The second-order valence-electron chi connectivity index (χ2n) is 8.09. The number of aromatic nitrogens is 4. The Labute approximate surface area is 173 Å². The first-order chi connectivity index (χ1) is 14.5. The van der Waals surface area contributed by atoms with Crippen molar-refractivity contribution >= 4 is 11.6 Å². The Balaban J connectivity index is 1.55. The van der Waals surface area contributed by atoms with Crippen LogP contribution in [0.3, 0.4) is 0 Å². The van der Waals surface area contributed by atoms with Crippen LogP contribution in [0.25, 0.3) is 11.3 Å². The first-order valence-electron chi connectivity index (χ1n) is 9.97. The summed E-state index contributed by atoms with van der Waals surface area (Å²) in [5, 5.41) is 9.54. The molecule has 3 aromatic heterocycles. The maximum absolute atomic E-state index is 12.9. The molecule has 2 N–H and O–H groups in total. The number of nitrogens with two attached hydrogens (primary N) is 1. The average molecular weight is 399 g/mol. The Bertz CT molecular complexity index is 1240. The molecule has 8 nitrogen and oxygen atoms in total. The van der Waals surface area contributed by atoms with Gasteiger partial charge in [0.25, 0.3) is 5.56 Å². The van der Waals surface area contributed by atoms with Gasteiger partial charge in [-0.3, -0.25) is 4.79 Å². The minimum atomic E-state index is -0.0192. The third kappa shape index (κ3) is 3.08. The third-order valence-electron chi connectivity index (χ3n) is 5.97. The number of piperidine rings is 1. The van der Waals surface area contributed by atoms with E-state index in [1.165, 1.54) is 6.33 Å². The smallest absolute Gasteiger partial charge is 0.251 e. The van der Waals surface area contributed by atoms with Gasteiger partial charge in [-0.15, -0.1) is 0 Å². The molecule has 2 aliphatic rings. The Kier molecular flexibility index (Phi) is 4.24. The summed E-state index contributed by atoms with van der Waals surface area (Å²) in [6.07, 6.45) is 2.42. The first-order valence-corrected chi connectivity index (χ1v) is 9.97. The van der Waals surface area contributed by atoms with Crippen LogP contribution in [0.1, 0.15) is 29.3 Å². The van der Waals surface area contributed by atoms with E-state index >= 15 is 0 Å². The lowest BCUT2D eigenvalue weighted by Gasteiger charge is -2.43. The second kappa shape index (κ2) is 6.95. The summed E-state index contributed by atoms with van der Waals surface area (Å²) in [5.74, 6) is 1.63. The summed E-state index contributed by atoms with van der Waals surface area (Å²) >= 11 is 0. The molecule has 5 rings (SSSR count). The molecule has 5 heterocycles. The van der Waals surface area contributed by atoms with E-state index in [-0.39, 0.29) is 11.5 Å². The highest BCUT2D eigenvalue weighted by atomic mass is 16.1. The van der Waals surface area contributed by atoms with Gasteiger partial charge in [0.05, 0.1) is 11.3 Å². The van der Waals surface area contributed by atoms with Crippen molar-refractivity contribution in [2.45, 2.75) is 25.8 Å². The number of hydrogen-bond donors (Lipinski definition) is 1. The first kappa shape index (κ1) is 18.3. The van der Waals surface area contributed by atoms with Crippen molar-refractivity contribution < 1.29 is 0 Å². The quantitative estimate of drug-likeness (QED) is 0.702. The fourth-order valence-corrected chi connectivity index (χ4v) is 4.68. The predicted octanol–water partition coefficient (Wildman–Crippen LogP) is 2.09. The van der Waals surface area contributed by atoms with Gasteiger partial charge in [0.15, 0.2) is 0 Å². The van der Waals surface area contributed by atoms with E-state index in [2.05, 4.69) is 25.9 Å². The van der Waals surface area contributed by atoms with Crippen LogP contribution in [0.4, 0.5) is 11.6 Å². The van der Waals surface area contributed by atoms with Crippen molar-refractivity contribution in [1.82, 2.24) is 19.5 Å². The van der Waals surface area contributed by atoms with E-state index in [1.54, 1.807) is 12.1 Å². The fourth-order valence-electron chi connectivity index (χ4n) is 4.68. The highest BCUT2D eigenvalue weighted by Gasteiger charge is 2.36. The number of hydrogen-bond acceptors (Lipinski definition) is 7. The summed E-state index contributed by atoms with van der Waals surface area (Å²) in [4.78, 5) is 28.0. The van der Waals surface area contributed by atoms with Gasteiger partial charge >= 0.3 is 0 Å². The number of aryl methyl sites for hydroxylation is 1. The maximum Gasteiger partial charge on any atom is 0.251 e. The number of nitrogen functional groups attached to an aromatic ring is 1. The Hall–Kier alpha value is -3.73. The van der Waals surface area contributed by atoms with E-state index in [9.17, 15) is 10.1 Å². The lowest BCUT2D eigenvalue weighted by Crippen LogP contribution is -2.47. The molecule has 0 radical (unpaired) electrons. The maximum atomic E-state index is 12.9. The highest BCUT2D eigenvalue weighted by molar-refractivity contribution is 5.62. The van der Waals surface area contributed by atoms with Crippen LogP contribution in [0, 0.1) is 24.2 Å². The number of pyridine rings is 2.